The molecule has 92 valence electrons. The van der Waals surface area contributed by atoms with Crippen LogP contribution in [0.5, 0.6) is 0 Å². The number of carboxylic acids is 1. The van der Waals surface area contributed by atoms with Crippen LogP contribution in [0.15, 0.2) is 30.3 Å². The highest BCUT2D eigenvalue weighted by atomic mass is 16.4. The van der Waals surface area contributed by atoms with Crippen LogP contribution in [-0.2, 0) is 4.79 Å². The monoisotopic (exact) mass is 235 g/mol. The average Bonchev–Trinajstić information content (AvgIpc) is 2.28. The molecule has 1 rings (SSSR count). The summed E-state index contributed by atoms with van der Waals surface area (Å²) in [6.07, 6.45) is -0.0593. The molecule has 1 amide bonds. The van der Waals surface area contributed by atoms with Gasteiger partial charge in [0.25, 0.3) is 5.91 Å². The molecule has 1 atom stereocenters. The number of carboxylic acid groups (broad SMARTS) is 1. The fourth-order valence-electron chi connectivity index (χ4n) is 1.48. The van der Waals surface area contributed by atoms with Crippen molar-refractivity contribution < 1.29 is 14.7 Å². The van der Waals surface area contributed by atoms with Crippen molar-refractivity contribution in [2.75, 3.05) is 0 Å². The fourth-order valence-corrected chi connectivity index (χ4v) is 1.48. The van der Waals surface area contributed by atoms with E-state index in [1.807, 2.05) is 19.9 Å². The predicted octanol–water partition coefficient (Wildman–Crippen LogP) is 1.92. The van der Waals surface area contributed by atoms with Gasteiger partial charge in [-0.05, 0) is 18.1 Å². The molecule has 0 fully saturated rings. The van der Waals surface area contributed by atoms with Crippen molar-refractivity contribution in [3.63, 3.8) is 0 Å². The summed E-state index contributed by atoms with van der Waals surface area (Å²) in [6.45, 7) is 3.78. The molecule has 4 nitrogen and oxygen atoms in total. The Bertz CT molecular complexity index is 387. The van der Waals surface area contributed by atoms with E-state index in [9.17, 15) is 9.59 Å². The molecule has 4 heteroatoms. The molecule has 0 saturated heterocycles. The Hall–Kier alpha value is -1.84. The number of hydrogen-bond donors (Lipinski definition) is 2. The zero-order valence-electron chi connectivity index (χ0n) is 10.0. The van der Waals surface area contributed by atoms with Gasteiger partial charge in [0.05, 0.1) is 6.42 Å². The number of aliphatic carboxylic acids is 1. The Morgan fingerprint density at radius 2 is 1.82 bits per heavy atom. The average molecular weight is 235 g/mol. The minimum Gasteiger partial charge on any atom is -0.481 e. The van der Waals surface area contributed by atoms with Crippen LogP contribution in [0.1, 0.15) is 30.6 Å². The molecule has 1 aromatic carbocycles. The van der Waals surface area contributed by atoms with E-state index in [-0.39, 0.29) is 24.3 Å². The second kappa shape index (κ2) is 6.03. The molecule has 0 radical (unpaired) electrons. The highest BCUT2D eigenvalue weighted by Crippen LogP contribution is 2.08. The largest absolute Gasteiger partial charge is 0.481 e. The van der Waals surface area contributed by atoms with Gasteiger partial charge < -0.3 is 10.4 Å². The van der Waals surface area contributed by atoms with Crippen LogP contribution in [0.4, 0.5) is 0 Å². The van der Waals surface area contributed by atoms with E-state index in [1.165, 1.54) is 0 Å². The number of nitrogens with one attached hydrogen (secondary N) is 1. The molecular weight excluding hydrogens is 218 g/mol. The van der Waals surface area contributed by atoms with Crippen LogP contribution in [0.25, 0.3) is 0 Å². The van der Waals surface area contributed by atoms with Gasteiger partial charge in [0.15, 0.2) is 0 Å². The van der Waals surface area contributed by atoms with E-state index >= 15 is 0 Å². The van der Waals surface area contributed by atoms with Crippen LogP contribution in [0.2, 0.25) is 0 Å². The quantitative estimate of drug-likeness (QED) is 0.819. The summed E-state index contributed by atoms with van der Waals surface area (Å²) < 4.78 is 0. The first-order valence-corrected chi connectivity index (χ1v) is 5.58. The van der Waals surface area contributed by atoms with Crippen molar-refractivity contribution in [1.82, 2.24) is 5.32 Å². The molecule has 1 aromatic rings. The number of rotatable bonds is 5. The van der Waals surface area contributed by atoms with Crippen molar-refractivity contribution in [3.05, 3.63) is 35.9 Å². The number of carbonyl (C=O) groups is 2. The maximum Gasteiger partial charge on any atom is 0.305 e. The number of amides is 1. The van der Waals surface area contributed by atoms with Gasteiger partial charge in [0.2, 0.25) is 0 Å². The first kappa shape index (κ1) is 13.2. The summed E-state index contributed by atoms with van der Waals surface area (Å²) in [7, 11) is 0. The number of benzene rings is 1. The van der Waals surface area contributed by atoms with Gasteiger partial charge in [-0.3, -0.25) is 9.59 Å². The van der Waals surface area contributed by atoms with Gasteiger partial charge in [-0.1, -0.05) is 32.0 Å². The SMILES string of the molecule is CC(C)[C@@H](CC(=O)O)NC(=O)c1ccccc1. The van der Waals surface area contributed by atoms with Gasteiger partial charge in [-0.25, -0.2) is 0 Å². The van der Waals surface area contributed by atoms with E-state index < -0.39 is 5.97 Å². The summed E-state index contributed by atoms with van der Waals surface area (Å²) in [5.41, 5.74) is 0.545. The van der Waals surface area contributed by atoms with E-state index in [0.717, 1.165) is 0 Å². The lowest BCUT2D eigenvalue weighted by molar-refractivity contribution is -0.137. The van der Waals surface area contributed by atoms with Gasteiger partial charge in [0, 0.05) is 11.6 Å². The number of hydrogen-bond acceptors (Lipinski definition) is 2. The number of carbonyl (C=O) groups excluding carboxylic acids is 1. The van der Waals surface area contributed by atoms with E-state index in [0.29, 0.717) is 5.56 Å². The molecule has 17 heavy (non-hydrogen) atoms. The molecule has 0 saturated carbocycles. The van der Waals surface area contributed by atoms with Crippen LogP contribution in [0.3, 0.4) is 0 Å². The molecule has 0 aliphatic rings. The van der Waals surface area contributed by atoms with E-state index in [4.69, 9.17) is 5.11 Å². The molecule has 0 aliphatic carbocycles. The van der Waals surface area contributed by atoms with Gasteiger partial charge in [0.1, 0.15) is 0 Å². The predicted molar refractivity (Wildman–Crippen MR) is 64.8 cm³/mol. The fraction of sp³-hybridized carbons (Fsp3) is 0.385. The maximum absolute atomic E-state index is 11.8. The normalized spacial score (nSPS) is 12.2. The molecular formula is C13H17NO3. The molecule has 0 spiro atoms. The van der Waals surface area contributed by atoms with Crippen LogP contribution < -0.4 is 5.32 Å². The van der Waals surface area contributed by atoms with Crippen molar-refractivity contribution >= 4 is 11.9 Å². The third-order valence-corrected chi connectivity index (χ3v) is 2.55. The highest BCUT2D eigenvalue weighted by molar-refractivity contribution is 5.94. The standard InChI is InChI=1S/C13H17NO3/c1-9(2)11(8-12(15)16)14-13(17)10-6-4-3-5-7-10/h3-7,9,11H,8H2,1-2H3,(H,14,17)(H,15,16)/t11-/m1/s1. The van der Waals surface area contributed by atoms with Crippen molar-refractivity contribution in [3.8, 4) is 0 Å². The van der Waals surface area contributed by atoms with Gasteiger partial charge >= 0.3 is 5.97 Å². The Labute approximate surface area is 101 Å². The molecule has 0 unspecified atom stereocenters. The summed E-state index contributed by atoms with van der Waals surface area (Å²) in [5, 5.41) is 11.5. The lowest BCUT2D eigenvalue weighted by Gasteiger charge is -2.20. The second-order valence-corrected chi connectivity index (χ2v) is 4.29. The zero-order valence-corrected chi connectivity index (χ0v) is 10.0. The third-order valence-electron chi connectivity index (χ3n) is 2.55. The minimum absolute atomic E-state index is 0.0593. The molecule has 2 N–H and O–H groups in total. The summed E-state index contributed by atoms with van der Waals surface area (Å²) in [5.74, 6) is -1.05. The first-order chi connectivity index (χ1) is 8.00. The summed E-state index contributed by atoms with van der Waals surface area (Å²) in [4.78, 5) is 22.5. The lowest BCUT2D eigenvalue weighted by Crippen LogP contribution is -2.40. The summed E-state index contributed by atoms with van der Waals surface area (Å²) >= 11 is 0. The smallest absolute Gasteiger partial charge is 0.305 e. The van der Waals surface area contributed by atoms with E-state index in [2.05, 4.69) is 5.32 Å². The van der Waals surface area contributed by atoms with Crippen LogP contribution in [0, 0.1) is 5.92 Å². The highest BCUT2D eigenvalue weighted by Gasteiger charge is 2.19. The topological polar surface area (TPSA) is 66.4 Å². The molecule has 0 aromatic heterocycles. The van der Waals surface area contributed by atoms with Gasteiger partial charge in [-0.2, -0.15) is 0 Å². The Morgan fingerprint density at radius 3 is 2.29 bits per heavy atom. The van der Waals surface area contributed by atoms with E-state index in [1.54, 1.807) is 24.3 Å². The molecule has 0 aliphatic heterocycles. The lowest BCUT2D eigenvalue weighted by atomic mass is 10.0. The minimum atomic E-state index is -0.905. The molecule has 0 heterocycles. The molecule has 0 bridgehead atoms. The van der Waals surface area contributed by atoms with Crippen LogP contribution >= 0.6 is 0 Å². The first-order valence-electron chi connectivity index (χ1n) is 5.58. The van der Waals surface area contributed by atoms with Crippen molar-refractivity contribution in [2.24, 2.45) is 5.92 Å². The Balaban J connectivity index is 2.68. The summed E-state index contributed by atoms with van der Waals surface area (Å²) in [6, 6.07) is 8.43. The zero-order chi connectivity index (χ0) is 12.8. The van der Waals surface area contributed by atoms with Crippen molar-refractivity contribution in [2.45, 2.75) is 26.3 Å². The van der Waals surface area contributed by atoms with Crippen LogP contribution in [-0.4, -0.2) is 23.0 Å². The maximum atomic E-state index is 11.8. The Morgan fingerprint density at radius 1 is 1.24 bits per heavy atom. The van der Waals surface area contributed by atoms with Crippen molar-refractivity contribution in [1.29, 1.82) is 0 Å². The second-order valence-electron chi connectivity index (χ2n) is 4.29. The third kappa shape index (κ3) is 4.26. The van der Waals surface area contributed by atoms with Gasteiger partial charge in [-0.15, -0.1) is 0 Å². The Kier molecular flexibility index (Phi) is 4.69.